The van der Waals surface area contributed by atoms with E-state index in [2.05, 4.69) is 0 Å². The quantitative estimate of drug-likeness (QED) is 0.626. The Morgan fingerprint density at radius 1 is 1.22 bits per heavy atom. The van der Waals surface area contributed by atoms with Gasteiger partial charge in [0.25, 0.3) is 0 Å². The first-order valence-corrected chi connectivity index (χ1v) is 8.67. The molecule has 27 heavy (non-hydrogen) atoms. The molecule has 0 aliphatic heterocycles. The SMILES string of the molecule is COC(=O)c1cc2c(OC[C@@H](N)Cc3ccccc3)ccc(Cl)c2n1C.Cl. The lowest BCUT2D eigenvalue weighted by Gasteiger charge is -2.14. The Kier molecular flexibility index (Phi) is 7.13. The molecule has 1 aromatic heterocycles. The molecule has 1 atom stereocenters. The highest BCUT2D eigenvalue weighted by molar-refractivity contribution is 6.35. The number of benzene rings is 2. The Bertz CT molecular complexity index is 926. The number of hydrogen-bond acceptors (Lipinski definition) is 4. The molecule has 0 unspecified atom stereocenters. The molecule has 0 fully saturated rings. The third kappa shape index (κ3) is 4.56. The average Bonchev–Trinajstić information content (AvgIpc) is 3.00. The number of ether oxygens (including phenoxy) is 2. The van der Waals surface area contributed by atoms with Crippen LogP contribution in [-0.2, 0) is 18.2 Å². The molecule has 2 N–H and O–H groups in total. The van der Waals surface area contributed by atoms with Crippen LogP contribution in [0.4, 0.5) is 0 Å². The summed E-state index contributed by atoms with van der Waals surface area (Å²) in [6.07, 6.45) is 0.722. The van der Waals surface area contributed by atoms with Gasteiger partial charge in [-0.15, -0.1) is 12.4 Å². The van der Waals surface area contributed by atoms with Crippen LogP contribution in [0.15, 0.2) is 48.5 Å². The number of methoxy groups -OCH3 is 1. The fraction of sp³-hybridized carbons (Fsp3) is 0.250. The molecule has 0 amide bonds. The van der Waals surface area contributed by atoms with Crippen molar-refractivity contribution in [3.63, 3.8) is 0 Å². The van der Waals surface area contributed by atoms with Gasteiger partial charge in [-0.1, -0.05) is 41.9 Å². The zero-order valence-electron chi connectivity index (χ0n) is 15.1. The molecule has 3 aromatic rings. The van der Waals surface area contributed by atoms with Gasteiger partial charge < -0.3 is 19.8 Å². The minimum absolute atomic E-state index is 0. The van der Waals surface area contributed by atoms with Crippen molar-refractivity contribution in [2.24, 2.45) is 12.8 Å². The summed E-state index contributed by atoms with van der Waals surface area (Å²) in [6.45, 7) is 0.355. The molecular formula is C20H22Cl2N2O3. The summed E-state index contributed by atoms with van der Waals surface area (Å²) in [5.41, 5.74) is 8.50. The molecule has 0 aliphatic rings. The molecule has 0 bridgehead atoms. The van der Waals surface area contributed by atoms with E-state index in [0.717, 1.165) is 22.9 Å². The van der Waals surface area contributed by atoms with E-state index < -0.39 is 5.97 Å². The number of hydrogen-bond donors (Lipinski definition) is 1. The first kappa shape index (κ1) is 21.1. The molecule has 3 rings (SSSR count). The van der Waals surface area contributed by atoms with Crippen LogP contribution >= 0.6 is 24.0 Å². The second-order valence-corrected chi connectivity index (χ2v) is 6.56. The van der Waals surface area contributed by atoms with E-state index in [-0.39, 0.29) is 18.4 Å². The smallest absolute Gasteiger partial charge is 0.354 e. The van der Waals surface area contributed by atoms with E-state index in [0.29, 0.717) is 23.1 Å². The van der Waals surface area contributed by atoms with Crippen molar-refractivity contribution in [3.8, 4) is 5.75 Å². The Balaban J connectivity index is 0.00000261. The summed E-state index contributed by atoms with van der Waals surface area (Å²) in [7, 11) is 3.12. The van der Waals surface area contributed by atoms with E-state index in [9.17, 15) is 4.79 Å². The highest BCUT2D eigenvalue weighted by Crippen LogP contribution is 2.34. The van der Waals surface area contributed by atoms with Crippen LogP contribution in [-0.4, -0.2) is 30.3 Å². The summed E-state index contributed by atoms with van der Waals surface area (Å²) < 4.78 is 12.5. The van der Waals surface area contributed by atoms with Gasteiger partial charge in [-0.2, -0.15) is 0 Å². The number of rotatable bonds is 6. The standard InChI is InChI=1S/C20H21ClN2O3.ClH/c1-23-17(20(24)25-2)11-15-18(9-8-16(21)19(15)23)26-12-14(22)10-13-6-4-3-5-7-13;/h3-9,11,14H,10,12,22H2,1-2H3;1H/t14-;/m0./s1. The van der Waals surface area contributed by atoms with Gasteiger partial charge in [0, 0.05) is 18.5 Å². The van der Waals surface area contributed by atoms with Crippen molar-refractivity contribution >= 4 is 40.9 Å². The number of carbonyl (C=O) groups is 1. The predicted octanol–water partition coefficient (Wildman–Crippen LogP) is 3.99. The van der Waals surface area contributed by atoms with Crippen LogP contribution in [0.1, 0.15) is 16.1 Å². The van der Waals surface area contributed by atoms with Crippen molar-refractivity contribution in [1.29, 1.82) is 0 Å². The lowest BCUT2D eigenvalue weighted by molar-refractivity contribution is 0.0590. The molecule has 1 heterocycles. The highest BCUT2D eigenvalue weighted by atomic mass is 35.5. The van der Waals surface area contributed by atoms with Crippen molar-refractivity contribution in [2.45, 2.75) is 12.5 Å². The highest BCUT2D eigenvalue weighted by Gasteiger charge is 2.19. The molecule has 0 saturated heterocycles. The third-order valence-electron chi connectivity index (χ3n) is 4.29. The molecular weight excluding hydrogens is 387 g/mol. The van der Waals surface area contributed by atoms with Crippen LogP contribution in [0.3, 0.4) is 0 Å². The monoisotopic (exact) mass is 408 g/mol. The van der Waals surface area contributed by atoms with Gasteiger partial charge in [0.1, 0.15) is 18.1 Å². The topological polar surface area (TPSA) is 66.5 Å². The van der Waals surface area contributed by atoms with E-state index in [4.69, 9.17) is 26.8 Å². The number of aromatic nitrogens is 1. The molecule has 0 spiro atoms. The van der Waals surface area contributed by atoms with Gasteiger partial charge in [-0.3, -0.25) is 0 Å². The van der Waals surface area contributed by atoms with Crippen molar-refractivity contribution in [2.75, 3.05) is 13.7 Å². The van der Waals surface area contributed by atoms with Gasteiger partial charge >= 0.3 is 5.97 Å². The predicted molar refractivity (Wildman–Crippen MR) is 110 cm³/mol. The summed E-state index contributed by atoms with van der Waals surface area (Å²) in [5.74, 6) is 0.213. The third-order valence-corrected chi connectivity index (χ3v) is 4.60. The summed E-state index contributed by atoms with van der Waals surface area (Å²) in [5, 5.41) is 1.30. The first-order chi connectivity index (χ1) is 12.5. The lowest BCUT2D eigenvalue weighted by atomic mass is 10.1. The number of aryl methyl sites for hydroxylation is 1. The second-order valence-electron chi connectivity index (χ2n) is 6.15. The van der Waals surface area contributed by atoms with Crippen molar-refractivity contribution in [3.05, 3.63) is 64.8 Å². The Morgan fingerprint density at radius 3 is 2.59 bits per heavy atom. The fourth-order valence-electron chi connectivity index (χ4n) is 3.00. The minimum Gasteiger partial charge on any atom is -0.491 e. The van der Waals surface area contributed by atoms with Gasteiger partial charge in [-0.25, -0.2) is 4.79 Å². The molecule has 0 radical (unpaired) electrons. The summed E-state index contributed by atoms with van der Waals surface area (Å²) in [6, 6.07) is 15.2. The fourth-order valence-corrected chi connectivity index (χ4v) is 3.29. The molecule has 0 aliphatic carbocycles. The Morgan fingerprint density at radius 2 is 1.93 bits per heavy atom. The Hall–Kier alpha value is -2.21. The summed E-state index contributed by atoms with van der Waals surface area (Å²) in [4.78, 5) is 11.9. The molecule has 144 valence electrons. The second kappa shape index (κ2) is 9.13. The largest absolute Gasteiger partial charge is 0.491 e. The number of halogens is 2. The van der Waals surface area contributed by atoms with Crippen LogP contribution in [0.25, 0.3) is 10.9 Å². The number of nitrogens with zero attached hydrogens (tertiary/aromatic N) is 1. The zero-order valence-corrected chi connectivity index (χ0v) is 16.7. The van der Waals surface area contributed by atoms with Gasteiger partial charge in [0.15, 0.2) is 0 Å². The Labute approximate surface area is 169 Å². The van der Waals surface area contributed by atoms with E-state index >= 15 is 0 Å². The number of nitrogens with two attached hydrogens (primary N) is 1. The molecule has 2 aromatic carbocycles. The maximum absolute atomic E-state index is 11.9. The zero-order chi connectivity index (χ0) is 18.7. The van der Waals surface area contributed by atoms with Crippen LogP contribution in [0.2, 0.25) is 5.02 Å². The van der Waals surface area contributed by atoms with Gasteiger partial charge in [0.2, 0.25) is 0 Å². The number of carbonyl (C=O) groups excluding carboxylic acids is 1. The van der Waals surface area contributed by atoms with Crippen molar-refractivity contribution < 1.29 is 14.3 Å². The van der Waals surface area contributed by atoms with E-state index in [1.807, 2.05) is 30.3 Å². The van der Waals surface area contributed by atoms with Gasteiger partial charge in [0.05, 0.1) is 17.6 Å². The first-order valence-electron chi connectivity index (χ1n) is 8.29. The average molecular weight is 409 g/mol. The normalized spacial score (nSPS) is 11.7. The maximum atomic E-state index is 11.9. The van der Waals surface area contributed by atoms with Gasteiger partial charge in [-0.05, 0) is 30.2 Å². The number of fused-ring (bicyclic) bond motifs is 1. The molecule has 0 saturated carbocycles. The van der Waals surface area contributed by atoms with Crippen LogP contribution in [0, 0.1) is 0 Å². The molecule has 7 heteroatoms. The van der Waals surface area contributed by atoms with Crippen molar-refractivity contribution in [1.82, 2.24) is 4.57 Å². The number of esters is 1. The van der Waals surface area contributed by atoms with E-state index in [1.165, 1.54) is 7.11 Å². The van der Waals surface area contributed by atoms with Crippen LogP contribution in [0.5, 0.6) is 5.75 Å². The molecule has 5 nitrogen and oxygen atoms in total. The lowest BCUT2D eigenvalue weighted by Crippen LogP contribution is -2.30. The maximum Gasteiger partial charge on any atom is 0.354 e. The van der Waals surface area contributed by atoms with Crippen LogP contribution < -0.4 is 10.5 Å². The minimum atomic E-state index is -0.425. The van der Waals surface area contributed by atoms with E-state index in [1.54, 1.807) is 29.8 Å². The summed E-state index contributed by atoms with van der Waals surface area (Å²) >= 11 is 6.31.